The van der Waals surface area contributed by atoms with Crippen LogP contribution in [0.4, 0.5) is 0 Å². The first kappa shape index (κ1) is 17.2. The minimum atomic E-state index is -0.0776. The van der Waals surface area contributed by atoms with E-state index in [9.17, 15) is 4.79 Å². The molecular formula is C17H18BrClN4O. The van der Waals surface area contributed by atoms with E-state index in [0.29, 0.717) is 5.92 Å². The largest absolute Gasteiger partial charge is 0.317 e. The van der Waals surface area contributed by atoms with Crippen LogP contribution in [0.2, 0.25) is 0 Å². The highest BCUT2D eigenvalue weighted by atomic mass is 79.9. The van der Waals surface area contributed by atoms with Gasteiger partial charge in [0.15, 0.2) is 5.65 Å². The summed E-state index contributed by atoms with van der Waals surface area (Å²) < 4.78 is 2.72. The van der Waals surface area contributed by atoms with Crippen molar-refractivity contribution in [1.29, 1.82) is 0 Å². The molecule has 24 heavy (non-hydrogen) atoms. The molecule has 2 N–H and O–H groups in total. The van der Waals surface area contributed by atoms with Gasteiger partial charge in [-0.1, -0.05) is 30.3 Å². The predicted molar refractivity (Wildman–Crippen MR) is 101 cm³/mol. The Kier molecular flexibility index (Phi) is 5.08. The van der Waals surface area contributed by atoms with Crippen LogP contribution >= 0.6 is 28.3 Å². The number of H-pyrrole nitrogens is 1. The van der Waals surface area contributed by atoms with Crippen LogP contribution in [0, 0.1) is 0 Å². The molecule has 126 valence electrons. The molecule has 1 aliphatic heterocycles. The van der Waals surface area contributed by atoms with E-state index in [1.807, 2.05) is 34.8 Å². The molecule has 0 radical (unpaired) electrons. The Balaban J connectivity index is 0.00000169. The first-order chi connectivity index (χ1) is 11.2. The van der Waals surface area contributed by atoms with Crippen molar-refractivity contribution >= 4 is 34.0 Å². The van der Waals surface area contributed by atoms with Crippen molar-refractivity contribution in [3.05, 3.63) is 56.9 Å². The maximum absolute atomic E-state index is 12.1. The minimum absolute atomic E-state index is 0. The molecular weight excluding hydrogens is 392 g/mol. The monoisotopic (exact) mass is 408 g/mol. The Morgan fingerprint density at radius 1 is 1.17 bits per heavy atom. The summed E-state index contributed by atoms with van der Waals surface area (Å²) in [5.41, 5.74) is 3.52. The van der Waals surface area contributed by atoms with Crippen molar-refractivity contribution in [2.45, 2.75) is 18.8 Å². The highest BCUT2D eigenvalue weighted by molar-refractivity contribution is 9.10. The quantitative estimate of drug-likeness (QED) is 0.682. The summed E-state index contributed by atoms with van der Waals surface area (Å²) in [6.45, 7) is 1.96. The van der Waals surface area contributed by atoms with Crippen LogP contribution < -0.4 is 10.9 Å². The molecule has 0 amide bonds. The van der Waals surface area contributed by atoms with Gasteiger partial charge in [-0.05, 0) is 41.9 Å². The van der Waals surface area contributed by atoms with Gasteiger partial charge in [0.25, 0.3) is 5.56 Å². The third kappa shape index (κ3) is 3.01. The number of piperidine rings is 1. The Hall–Kier alpha value is -1.63. The van der Waals surface area contributed by atoms with Gasteiger partial charge in [0.1, 0.15) is 5.69 Å². The van der Waals surface area contributed by atoms with Crippen molar-refractivity contribution < 1.29 is 0 Å². The smallest absolute Gasteiger partial charge is 0.251 e. The van der Waals surface area contributed by atoms with Crippen LogP contribution in [0.3, 0.4) is 0 Å². The molecule has 1 aliphatic rings. The van der Waals surface area contributed by atoms with E-state index in [2.05, 4.69) is 26.2 Å². The van der Waals surface area contributed by atoms with Crippen LogP contribution in [-0.4, -0.2) is 27.7 Å². The minimum Gasteiger partial charge on any atom is -0.317 e. The first-order valence-corrected chi connectivity index (χ1v) is 8.61. The number of halogens is 2. The maximum atomic E-state index is 12.1. The van der Waals surface area contributed by atoms with Gasteiger partial charge in [0.2, 0.25) is 0 Å². The van der Waals surface area contributed by atoms with Crippen molar-refractivity contribution in [2.75, 3.05) is 13.1 Å². The molecule has 0 aliphatic carbocycles. The van der Waals surface area contributed by atoms with Gasteiger partial charge in [-0.15, -0.1) is 12.4 Å². The number of aromatic nitrogens is 3. The van der Waals surface area contributed by atoms with E-state index in [-0.39, 0.29) is 18.0 Å². The maximum Gasteiger partial charge on any atom is 0.251 e. The second-order valence-corrected chi connectivity index (χ2v) is 6.66. The lowest BCUT2D eigenvalue weighted by atomic mass is 9.94. The lowest BCUT2D eigenvalue weighted by molar-refractivity contribution is 0.446. The molecule has 5 nitrogen and oxygen atoms in total. The van der Waals surface area contributed by atoms with E-state index in [1.165, 1.54) is 0 Å². The van der Waals surface area contributed by atoms with Crippen molar-refractivity contribution in [3.63, 3.8) is 0 Å². The fourth-order valence-corrected chi connectivity index (χ4v) is 3.81. The highest BCUT2D eigenvalue weighted by Crippen LogP contribution is 2.32. The fourth-order valence-electron chi connectivity index (χ4n) is 3.23. The zero-order valence-electron chi connectivity index (χ0n) is 13.0. The number of nitrogens with one attached hydrogen (secondary N) is 2. The second kappa shape index (κ2) is 7.09. The molecule has 0 spiro atoms. The average Bonchev–Trinajstić information content (AvgIpc) is 2.93. The summed E-state index contributed by atoms with van der Waals surface area (Å²) in [6.07, 6.45) is 2.05. The van der Waals surface area contributed by atoms with Gasteiger partial charge in [0.05, 0.1) is 10.2 Å². The average molecular weight is 410 g/mol. The standard InChI is InChI=1S/C17H17BrN4O.ClH/c18-15-16(12-4-2-1-3-5-12)21-22-13(10-14(23)20-17(15)22)11-6-8-19-9-7-11;/h1-5,10-11,19H,6-9H2,(H,20,23);1H. The molecule has 0 bridgehead atoms. The molecule has 1 aromatic carbocycles. The molecule has 1 saturated heterocycles. The van der Waals surface area contributed by atoms with E-state index in [4.69, 9.17) is 5.10 Å². The van der Waals surface area contributed by atoms with Crippen LogP contribution in [0.25, 0.3) is 16.9 Å². The molecule has 3 heterocycles. The molecule has 7 heteroatoms. The second-order valence-electron chi connectivity index (χ2n) is 5.87. The van der Waals surface area contributed by atoms with Gasteiger partial charge in [-0.2, -0.15) is 5.10 Å². The Morgan fingerprint density at radius 2 is 1.88 bits per heavy atom. The molecule has 2 aromatic heterocycles. The van der Waals surface area contributed by atoms with Gasteiger partial charge in [-0.25, -0.2) is 4.52 Å². The Morgan fingerprint density at radius 3 is 2.58 bits per heavy atom. The van der Waals surface area contributed by atoms with E-state index in [1.54, 1.807) is 6.07 Å². The number of rotatable bonds is 2. The molecule has 1 fully saturated rings. The SMILES string of the molecule is Cl.O=c1cc(C2CCNCC2)n2nc(-c3ccccc3)c(Br)c2[nH]1. The lowest BCUT2D eigenvalue weighted by Crippen LogP contribution is -2.28. The van der Waals surface area contributed by atoms with Crippen LogP contribution in [0.15, 0.2) is 45.7 Å². The highest BCUT2D eigenvalue weighted by Gasteiger charge is 2.22. The van der Waals surface area contributed by atoms with Crippen molar-refractivity contribution in [1.82, 2.24) is 19.9 Å². The first-order valence-electron chi connectivity index (χ1n) is 7.81. The summed E-state index contributed by atoms with van der Waals surface area (Å²) in [4.78, 5) is 15.0. The number of nitrogens with zero attached hydrogens (tertiary/aromatic N) is 2. The zero-order chi connectivity index (χ0) is 15.8. The lowest BCUT2D eigenvalue weighted by Gasteiger charge is -2.23. The summed E-state index contributed by atoms with van der Waals surface area (Å²) in [5.74, 6) is 0.358. The summed E-state index contributed by atoms with van der Waals surface area (Å²) in [7, 11) is 0. The fraction of sp³-hybridized carbons (Fsp3) is 0.294. The van der Waals surface area contributed by atoms with Crippen LogP contribution in [-0.2, 0) is 0 Å². The van der Waals surface area contributed by atoms with E-state index < -0.39 is 0 Å². The van der Waals surface area contributed by atoms with Gasteiger partial charge in [-0.3, -0.25) is 4.79 Å². The van der Waals surface area contributed by atoms with Gasteiger partial charge < -0.3 is 10.3 Å². The van der Waals surface area contributed by atoms with Gasteiger partial charge in [0, 0.05) is 17.5 Å². The number of hydrogen-bond donors (Lipinski definition) is 2. The number of benzene rings is 1. The normalized spacial score (nSPS) is 15.4. The number of aromatic amines is 1. The Labute approximate surface area is 154 Å². The number of fused-ring (bicyclic) bond motifs is 1. The third-order valence-electron chi connectivity index (χ3n) is 4.40. The van der Waals surface area contributed by atoms with Crippen LogP contribution in [0.1, 0.15) is 24.5 Å². The molecule has 0 atom stereocenters. The Bertz CT molecular complexity index is 900. The van der Waals surface area contributed by atoms with Crippen LogP contribution in [0.5, 0.6) is 0 Å². The molecule has 4 rings (SSSR count). The molecule has 3 aromatic rings. The topological polar surface area (TPSA) is 62.2 Å². The van der Waals surface area contributed by atoms with Gasteiger partial charge >= 0.3 is 0 Å². The van der Waals surface area contributed by atoms with Crippen molar-refractivity contribution in [3.8, 4) is 11.3 Å². The summed E-state index contributed by atoms with van der Waals surface area (Å²) >= 11 is 3.62. The molecule has 0 unspecified atom stereocenters. The van der Waals surface area contributed by atoms with Crippen molar-refractivity contribution in [2.24, 2.45) is 0 Å². The third-order valence-corrected chi connectivity index (χ3v) is 5.15. The van der Waals surface area contributed by atoms with E-state index >= 15 is 0 Å². The van der Waals surface area contributed by atoms with E-state index in [0.717, 1.165) is 53.0 Å². The summed E-state index contributed by atoms with van der Waals surface area (Å²) in [5, 5.41) is 8.14. The predicted octanol–water partition coefficient (Wildman–Crippen LogP) is 3.34. The molecule has 0 saturated carbocycles. The summed E-state index contributed by atoms with van der Waals surface area (Å²) in [6, 6.07) is 11.7. The number of hydrogen-bond acceptors (Lipinski definition) is 3. The zero-order valence-corrected chi connectivity index (χ0v) is 15.4.